The number of aliphatic hydroxyl groups excluding tert-OH is 1. The van der Waals surface area contributed by atoms with Crippen LogP contribution in [0.25, 0.3) is 0 Å². The number of anilines is 1. The molecule has 1 amide bonds. The Morgan fingerprint density at radius 3 is 2.76 bits per heavy atom. The Morgan fingerprint density at radius 1 is 1.43 bits per heavy atom. The summed E-state index contributed by atoms with van der Waals surface area (Å²) in [7, 11) is 1.58. The van der Waals surface area contributed by atoms with E-state index < -0.39 is 0 Å². The van der Waals surface area contributed by atoms with Crippen molar-refractivity contribution in [3.8, 4) is 5.75 Å². The van der Waals surface area contributed by atoms with Gasteiger partial charge in [-0.15, -0.1) is 0 Å². The molecular weight excluding hydrogens is 274 g/mol. The van der Waals surface area contributed by atoms with Gasteiger partial charge in [-0.25, -0.2) is 4.79 Å². The molecular formula is C15H21NO5. The zero-order valence-electron chi connectivity index (χ0n) is 12.3. The van der Waals surface area contributed by atoms with E-state index >= 15 is 0 Å². The molecule has 0 radical (unpaired) electrons. The van der Waals surface area contributed by atoms with Crippen molar-refractivity contribution in [3.05, 3.63) is 24.3 Å². The van der Waals surface area contributed by atoms with Crippen molar-refractivity contribution in [2.24, 2.45) is 0 Å². The first kappa shape index (κ1) is 15.6. The third-order valence-corrected chi connectivity index (χ3v) is 3.18. The second-order valence-electron chi connectivity index (χ2n) is 5.05. The number of aliphatic hydroxyl groups is 1. The molecule has 6 heteroatoms. The average Bonchev–Trinajstić information content (AvgIpc) is 2.80. The monoisotopic (exact) mass is 295 g/mol. The summed E-state index contributed by atoms with van der Waals surface area (Å²) in [5, 5.41) is 9.17. The van der Waals surface area contributed by atoms with Crippen LogP contribution >= 0.6 is 0 Å². The van der Waals surface area contributed by atoms with Crippen LogP contribution in [-0.4, -0.2) is 50.3 Å². The van der Waals surface area contributed by atoms with Gasteiger partial charge in [0.25, 0.3) is 0 Å². The van der Waals surface area contributed by atoms with E-state index in [4.69, 9.17) is 19.3 Å². The van der Waals surface area contributed by atoms with Crippen molar-refractivity contribution < 1.29 is 24.1 Å². The van der Waals surface area contributed by atoms with E-state index in [1.54, 1.807) is 31.1 Å². The summed E-state index contributed by atoms with van der Waals surface area (Å²) in [5.74, 6) is 0.709. The Hall–Kier alpha value is -1.79. The maximum Gasteiger partial charge on any atom is 0.414 e. The average molecular weight is 295 g/mol. The van der Waals surface area contributed by atoms with Crippen LogP contribution in [-0.2, 0) is 9.47 Å². The van der Waals surface area contributed by atoms with E-state index in [0.29, 0.717) is 31.9 Å². The smallest absolute Gasteiger partial charge is 0.414 e. The molecule has 0 unspecified atom stereocenters. The van der Waals surface area contributed by atoms with E-state index in [2.05, 4.69) is 0 Å². The summed E-state index contributed by atoms with van der Waals surface area (Å²) in [5.41, 5.74) is 0.765. The Bertz CT molecular complexity index is 460. The number of nitrogens with zero attached hydrogens (tertiary/aromatic N) is 1. The van der Waals surface area contributed by atoms with Crippen LogP contribution in [0.15, 0.2) is 24.3 Å². The lowest BCUT2D eigenvalue weighted by Crippen LogP contribution is -2.25. The molecule has 1 aliphatic heterocycles. The van der Waals surface area contributed by atoms with Crippen LogP contribution in [0.1, 0.15) is 13.3 Å². The maximum atomic E-state index is 11.8. The molecule has 0 bridgehead atoms. The molecule has 1 aliphatic rings. The number of carbonyl (C=O) groups is 1. The van der Waals surface area contributed by atoms with Crippen molar-refractivity contribution in [1.82, 2.24) is 0 Å². The highest BCUT2D eigenvalue weighted by Gasteiger charge is 2.32. The predicted octanol–water partition coefficient (Wildman–Crippen LogP) is 1.81. The fourth-order valence-electron chi connectivity index (χ4n) is 2.07. The van der Waals surface area contributed by atoms with Crippen LogP contribution in [0.3, 0.4) is 0 Å². The summed E-state index contributed by atoms with van der Waals surface area (Å²) in [6.45, 7) is 3.05. The predicted molar refractivity (Wildman–Crippen MR) is 77.7 cm³/mol. The normalized spacial score (nSPS) is 19.5. The minimum atomic E-state index is -0.374. The fourth-order valence-corrected chi connectivity index (χ4v) is 2.07. The zero-order chi connectivity index (χ0) is 15.2. The van der Waals surface area contributed by atoms with Crippen LogP contribution in [0.5, 0.6) is 5.75 Å². The molecule has 1 saturated heterocycles. The number of hydrogen-bond donors (Lipinski definition) is 1. The lowest BCUT2D eigenvalue weighted by molar-refractivity contribution is 0.0718. The number of benzene rings is 1. The number of carbonyl (C=O) groups excluding carboxylic acids is 1. The highest BCUT2D eigenvalue weighted by molar-refractivity contribution is 5.89. The lowest BCUT2D eigenvalue weighted by atomic mass is 10.2. The van der Waals surface area contributed by atoms with Gasteiger partial charge in [-0.05, 0) is 31.2 Å². The Morgan fingerprint density at radius 2 is 2.14 bits per heavy atom. The van der Waals surface area contributed by atoms with Crippen molar-refractivity contribution in [3.63, 3.8) is 0 Å². The number of hydrogen-bond acceptors (Lipinski definition) is 5. The first-order valence-corrected chi connectivity index (χ1v) is 6.98. The van der Waals surface area contributed by atoms with E-state index in [1.165, 1.54) is 0 Å². The third kappa shape index (κ3) is 4.34. The Labute approximate surface area is 124 Å². The van der Waals surface area contributed by atoms with E-state index in [9.17, 15) is 4.79 Å². The number of rotatable bonds is 7. The highest BCUT2D eigenvalue weighted by Crippen LogP contribution is 2.24. The summed E-state index contributed by atoms with van der Waals surface area (Å²) < 4.78 is 15.7. The van der Waals surface area contributed by atoms with Gasteiger partial charge < -0.3 is 19.3 Å². The van der Waals surface area contributed by atoms with E-state index in [-0.39, 0.29) is 18.3 Å². The quantitative estimate of drug-likeness (QED) is 0.831. The van der Waals surface area contributed by atoms with Crippen LogP contribution in [0, 0.1) is 0 Å². The fraction of sp³-hybridized carbons (Fsp3) is 0.533. The Balaban J connectivity index is 1.91. The summed E-state index contributed by atoms with van der Waals surface area (Å²) in [6.07, 6.45) is -0.385. The van der Waals surface area contributed by atoms with Gasteiger partial charge in [0.1, 0.15) is 11.9 Å². The molecule has 1 aromatic rings. The largest absolute Gasteiger partial charge is 0.493 e. The van der Waals surface area contributed by atoms with Crippen LogP contribution in [0.4, 0.5) is 10.5 Å². The maximum absolute atomic E-state index is 11.8. The molecule has 1 aromatic carbocycles. The van der Waals surface area contributed by atoms with Gasteiger partial charge in [0, 0.05) is 19.2 Å². The molecule has 1 N–H and O–H groups in total. The summed E-state index contributed by atoms with van der Waals surface area (Å²) in [6, 6.07) is 7.23. The molecule has 21 heavy (non-hydrogen) atoms. The minimum absolute atomic E-state index is 0.232. The molecule has 0 aromatic heterocycles. The van der Waals surface area contributed by atoms with Gasteiger partial charge >= 0.3 is 6.09 Å². The van der Waals surface area contributed by atoms with Gasteiger partial charge in [-0.2, -0.15) is 0 Å². The minimum Gasteiger partial charge on any atom is -0.493 e. The second-order valence-corrected chi connectivity index (χ2v) is 5.05. The van der Waals surface area contributed by atoms with Gasteiger partial charge in [-0.1, -0.05) is 0 Å². The first-order valence-electron chi connectivity index (χ1n) is 6.98. The molecule has 0 aliphatic carbocycles. The molecule has 0 saturated carbocycles. The molecule has 116 valence electrons. The van der Waals surface area contributed by atoms with Crippen LogP contribution in [0.2, 0.25) is 0 Å². The lowest BCUT2D eigenvalue weighted by Gasteiger charge is -2.14. The molecule has 6 nitrogen and oxygen atoms in total. The molecule has 2 rings (SSSR count). The molecule has 1 fully saturated rings. The number of amides is 1. The zero-order valence-corrected chi connectivity index (χ0v) is 12.3. The second kappa shape index (κ2) is 7.28. The molecule has 0 spiro atoms. The number of ether oxygens (including phenoxy) is 3. The highest BCUT2D eigenvalue weighted by atomic mass is 16.6. The van der Waals surface area contributed by atoms with E-state index in [1.807, 2.05) is 12.1 Å². The first-order chi connectivity index (χ1) is 10.1. The summed E-state index contributed by atoms with van der Waals surface area (Å²) >= 11 is 0. The SMILES string of the molecule is COC[C@H]1CN(c2ccc(OCC[C@@H](C)O)cc2)C(=O)O1. The van der Waals surface area contributed by atoms with Crippen molar-refractivity contribution in [2.45, 2.75) is 25.6 Å². The van der Waals surface area contributed by atoms with Gasteiger partial charge in [0.2, 0.25) is 0 Å². The van der Waals surface area contributed by atoms with E-state index in [0.717, 1.165) is 5.69 Å². The summed E-state index contributed by atoms with van der Waals surface area (Å²) in [4.78, 5) is 13.4. The molecule has 1 heterocycles. The van der Waals surface area contributed by atoms with Gasteiger partial charge in [-0.3, -0.25) is 4.90 Å². The van der Waals surface area contributed by atoms with Gasteiger partial charge in [0.15, 0.2) is 0 Å². The topological polar surface area (TPSA) is 68.2 Å². The standard InChI is InChI=1S/C15H21NO5/c1-11(17)7-8-20-13-5-3-12(4-6-13)16-9-14(10-19-2)21-15(16)18/h3-6,11,14,17H,7-10H2,1-2H3/t11-,14-/m1/s1. The van der Waals surface area contributed by atoms with Crippen molar-refractivity contribution in [2.75, 3.05) is 31.8 Å². The van der Waals surface area contributed by atoms with Crippen molar-refractivity contribution >= 4 is 11.8 Å². The van der Waals surface area contributed by atoms with Crippen molar-refractivity contribution in [1.29, 1.82) is 0 Å². The van der Waals surface area contributed by atoms with Crippen LogP contribution < -0.4 is 9.64 Å². The Kier molecular flexibility index (Phi) is 5.41. The van der Waals surface area contributed by atoms with Gasteiger partial charge in [0.05, 0.1) is 25.9 Å². The third-order valence-electron chi connectivity index (χ3n) is 3.18. The number of methoxy groups -OCH3 is 1. The molecule has 2 atom stereocenters. The number of cyclic esters (lactones) is 1.